The van der Waals surface area contributed by atoms with Crippen molar-refractivity contribution in [1.82, 2.24) is 10.3 Å². The predicted molar refractivity (Wildman–Crippen MR) is 75.6 cm³/mol. The van der Waals surface area contributed by atoms with Gasteiger partial charge in [0.1, 0.15) is 0 Å². The van der Waals surface area contributed by atoms with Crippen LogP contribution in [0.25, 0.3) is 0 Å². The summed E-state index contributed by atoms with van der Waals surface area (Å²) in [6, 6.07) is 9.13. The Balaban J connectivity index is 2.05. The number of nitrogens with zero attached hydrogens (tertiary/aromatic N) is 1. The van der Waals surface area contributed by atoms with Gasteiger partial charge in [-0.15, -0.1) is 0 Å². The lowest BCUT2D eigenvalue weighted by Crippen LogP contribution is -2.22. The second kappa shape index (κ2) is 6.26. The molecule has 0 aliphatic carbocycles. The molecule has 0 saturated carbocycles. The third-order valence-corrected chi connectivity index (χ3v) is 3.44. The first-order valence-corrected chi connectivity index (χ1v) is 6.71. The molecular formula is C16H17F3N2. The molecule has 1 aromatic heterocycles. The van der Waals surface area contributed by atoms with Crippen LogP contribution >= 0.6 is 0 Å². The van der Waals surface area contributed by atoms with Crippen LogP contribution in [0.1, 0.15) is 42.6 Å². The molecule has 2 atom stereocenters. The van der Waals surface area contributed by atoms with E-state index in [0.29, 0.717) is 0 Å². The highest BCUT2D eigenvalue weighted by molar-refractivity contribution is 5.27. The smallest absolute Gasteiger partial charge is 0.304 e. The van der Waals surface area contributed by atoms with Crippen molar-refractivity contribution in [2.45, 2.75) is 32.1 Å². The number of benzene rings is 1. The van der Waals surface area contributed by atoms with Crippen molar-refractivity contribution in [1.29, 1.82) is 0 Å². The van der Waals surface area contributed by atoms with E-state index in [-0.39, 0.29) is 12.1 Å². The number of hydrogen-bond donors (Lipinski definition) is 1. The van der Waals surface area contributed by atoms with Gasteiger partial charge in [-0.3, -0.25) is 4.98 Å². The van der Waals surface area contributed by atoms with E-state index in [0.717, 1.165) is 23.3 Å². The summed E-state index contributed by atoms with van der Waals surface area (Å²) in [5, 5.41) is 3.36. The first-order valence-electron chi connectivity index (χ1n) is 6.71. The maximum atomic E-state index is 12.5. The molecule has 1 N–H and O–H groups in total. The minimum absolute atomic E-state index is 0.0459. The summed E-state index contributed by atoms with van der Waals surface area (Å²) in [4.78, 5) is 3.96. The number of hydrogen-bond acceptors (Lipinski definition) is 2. The van der Waals surface area contributed by atoms with E-state index in [2.05, 4.69) is 10.3 Å². The molecule has 2 rings (SSSR count). The molecule has 21 heavy (non-hydrogen) atoms. The van der Waals surface area contributed by atoms with E-state index in [1.54, 1.807) is 12.4 Å². The van der Waals surface area contributed by atoms with Crippen LogP contribution in [0, 0.1) is 0 Å². The first kappa shape index (κ1) is 15.5. The first-order chi connectivity index (χ1) is 9.88. The average molecular weight is 294 g/mol. The summed E-state index contributed by atoms with van der Waals surface area (Å²) in [5.41, 5.74) is 1.29. The monoisotopic (exact) mass is 294 g/mol. The second-order valence-corrected chi connectivity index (χ2v) is 5.01. The van der Waals surface area contributed by atoms with Crippen molar-refractivity contribution < 1.29 is 13.2 Å². The average Bonchev–Trinajstić information content (AvgIpc) is 2.47. The fourth-order valence-electron chi connectivity index (χ4n) is 2.18. The van der Waals surface area contributed by atoms with Crippen molar-refractivity contribution in [2.24, 2.45) is 0 Å². The van der Waals surface area contributed by atoms with E-state index in [9.17, 15) is 13.2 Å². The zero-order valence-corrected chi connectivity index (χ0v) is 11.9. The zero-order valence-electron chi connectivity index (χ0n) is 11.9. The summed E-state index contributed by atoms with van der Waals surface area (Å²) in [5.74, 6) is 0. The van der Waals surface area contributed by atoms with Crippen molar-refractivity contribution >= 4 is 0 Å². The molecule has 0 radical (unpaired) electrons. The Hall–Kier alpha value is -1.88. The molecule has 0 fully saturated rings. The van der Waals surface area contributed by atoms with Gasteiger partial charge < -0.3 is 5.32 Å². The van der Waals surface area contributed by atoms with E-state index in [1.165, 1.54) is 12.1 Å². The highest BCUT2D eigenvalue weighted by Crippen LogP contribution is 2.30. The van der Waals surface area contributed by atoms with Gasteiger partial charge in [0, 0.05) is 24.5 Å². The van der Waals surface area contributed by atoms with Gasteiger partial charge in [-0.2, -0.15) is 13.2 Å². The van der Waals surface area contributed by atoms with Crippen molar-refractivity contribution in [3.05, 3.63) is 65.5 Å². The maximum absolute atomic E-state index is 12.5. The Morgan fingerprint density at radius 1 is 0.857 bits per heavy atom. The van der Waals surface area contributed by atoms with E-state index >= 15 is 0 Å². The Bertz CT molecular complexity index is 564. The van der Waals surface area contributed by atoms with Gasteiger partial charge >= 0.3 is 6.18 Å². The molecule has 0 aliphatic heterocycles. The van der Waals surface area contributed by atoms with Gasteiger partial charge in [0.25, 0.3) is 0 Å². The number of pyridine rings is 1. The molecular weight excluding hydrogens is 277 g/mol. The van der Waals surface area contributed by atoms with Crippen LogP contribution in [-0.4, -0.2) is 4.98 Å². The molecule has 2 aromatic rings. The van der Waals surface area contributed by atoms with Gasteiger partial charge in [-0.05, 0) is 49.2 Å². The minimum atomic E-state index is -4.29. The van der Waals surface area contributed by atoms with Gasteiger partial charge in [0.05, 0.1) is 5.56 Å². The Labute approximate surface area is 122 Å². The van der Waals surface area contributed by atoms with Gasteiger partial charge in [-0.1, -0.05) is 12.1 Å². The van der Waals surface area contributed by atoms with Crippen LogP contribution in [0.5, 0.6) is 0 Å². The summed E-state index contributed by atoms with van der Waals surface area (Å²) in [6.45, 7) is 3.94. The molecule has 1 unspecified atom stereocenters. The number of alkyl halides is 3. The molecule has 112 valence electrons. The molecule has 0 saturated heterocycles. The molecule has 0 aliphatic rings. The summed E-state index contributed by atoms with van der Waals surface area (Å²) in [6.07, 6.45) is -0.855. The fourth-order valence-corrected chi connectivity index (χ4v) is 2.18. The highest BCUT2D eigenvalue weighted by Gasteiger charge is 2.30. The Morgan fingerprint density at radius 2 is 1.33 bits per heavy atom. The molecule has 0 spiro atoms. The van der Waals surface area contributed by atoms with Crippen molar-refractivity contribution in [2.75, 3.05) is 0 Å². The number of nitrogens with one attached hydrogen (secondary N) is 1. The topological polar surface area (TPSA) is 24.9 Å². The van der Waals surface area contributed by atoms with E-state index < -0.39 is 11.7 Å². The lowest BCUT2D eigenvalue weighted by molar-refractivity contribution is -0.137. The molecule has 2 nitrogen and oxygen atoms in total. The second-order valence-electron chi connectivity index (χ2n) is 5.01. The van der Waals surface area contributed by atoms with Crippen LogP contribution < -0.4 is 5.32 Å². The van der Waals surface area contributed by atoms with Crippen LogP contribution in [0.15, 0.2) is 48.8 Å². The molecule has 0 bridgehead atoms. The number of rotatable bonds is 4. The van der Waals surface area contributed by atoms with Gasteiger partial charge in [0.2, 0.25) is 0 Å². The highest BCUT2D eigenvalue weighted by atomic mass is 19.4. The number of halogens is 3. The summed E-state index contributed by atoms with van der Waals surface area (Å²) in [7, 11) is 0. The van der Waals surface area contributed by atoms with Crippen LogP contribution in [0.4, 0.5) is 13.2 Å². The van der Waals surface area contributed by atoms with Crippen LogP contribution in [0.2, 0.25) is 0 Å². The minimum Gasteiger partial charge on any atom is -0.304 e. The quantitative estimate of drug-likeness (QED) is 0.897. The fraction of sp³-hybridized carbons (Fsp3) is 0.312. The lowest BCUT2D eigenvalue weighted by Gasteiger charge is -2.21. The zero-order chi connectivity index (χ0) is 15.5. The van der Waals surface area contributed by atoms with Gasteiger partial charge in [0.15, 0.2) is 0 Å². The number of aromatic nitrogens is 1. The summed E-state index contributed by atoms with van der Waals surface area (Å²) < 4.78 is 37.6. The standard InChI is InChI=1S/C16H17F3N2/c1-11(21-12(2)14-7-9-20-10-8-14)13-3-5-15(6-4-13)16(17,18)19/h3-12,21H,1-2H3/t11?,12-/m1/s1. The van der Waals surface area contributed by atoms with Crippen molar-refractivity contribution in [3.8, 4) is 0 Å². The third-order valence-electron chi connectivity index (χ3n) is 3.44. The lowest BCUT2D eigenvalue weighted by atomic mass is 10.0. The molecule has 5 heteroatoms. The Morgan fingerprint density at radius 3 is 1.81 bits per heavy atom. The van der Waals surface area contributed by atoms with E-state index in [1.807, 2.05) is 26.0 Å². The Kier molecular flexibility index (Phi) is 4.63. The molecule has 1 heterocycles. The van der Waals surface area contributed by atoms with Crippen molar-refractivity contribution in [3.63, 3.8) is 0 Å². The predicted octanol–water partition coefficient (Wildman–Crippen LogP) is 4.51. The summed E-state index contributed by atoms with van der Waals surface area (Å²) >= 11 is 0. The van der Waals surface area contributed by atoms with E-state index in [4.69, 9.17) is 0 Å². The molecule has 0 amide bonds. The SMILES string of the molecule is CC(N[C@H](C)c1ccncc1)c1ccc(C(F)(F)F)cc1. The van der Waals surface area contributed by atoms with Gasteiger partial charge in [-0.25, -0.2) is 0 Å². The van der Waals surface area contributed by atoms with Crippen LogP contribution in [-0.2, 0) is 6.18 Å². The van der Waals surface area contributed by atoms with Crippen LogP contribution in [0.3, 0.4) is 0 Å². The third kappa shape index (κ3) is 4.04. The largest absolute Gasteiger partial charge is 0.416 e. The maximum Gasteiger partial charge on any atom is 0.416 e. The normalized spacial score (nSPS) is 14.7. The molecule has 1 aromatic carbocycles.